The van der Waals surface area contributed by atoms with Crippen molar-refractivity contribution in [1.29, 1.82) is 0 Å². The van der Waals surface area contributed by atoms with Crippen LogP contribution in [0.1, 0.15) is 42.6 Å². The molecule has 21 heavy (non-hydrogen) atoms. The molecule has 1 unspecified atom stereocenters. The molecule has 0 aromatic carbocycles. The second kappa shape index (κ2) is 6.10. The smallest absolute Gasteiger partial charge is 0.293 e. The van der Waals surface area contributed by atoms with Crippen LogP contribution in [-0.4, -0.2) is 70.2 Å². The molecule has 0 bridgehead atoms. The summed E-state index contributed by atoms with van der Waals surface area (Å²) in [5, 5.41) is 15.7. The van der Waals surface area contributed by atoms with Crippen LogP contribution in [0.15, 0.2) is 0 Å². The van der Waals surface area contributed by atoms with E-state index in [2.05, 4.69) is 15.2 Å². The van der Waals surface area contributed by atoms with Gasteiger partial charge < -0.3 is 10.0 Å². The molecule has 1 aliphatic rings. The largest absolute Gasteiger partial charge is 0.395 e. The van der Waals surface area contributed by atoms with Gasteiger partial charge in [-0.2, -0.15) is 0 Å². The van der Waals surface area contributed by atoms with E-state index in [9.17, 15) is 13.2 Å². The lowest BCUT2D eigenvalue weighted by atomic mass is 10.2. The van der Waals surface area contributed by atoms with Crippen LogP contribution in [0, 0.1) is 0 Å². The Hall–Kier alpha value is -1.48. The summed E-state index contributed by atoms with van der Waals surface area (Å²) in [7, 11) is -3.11. The number of aliphatic hydroxyl groups excluding tert-OH is 1. The highest BCUT2D eigenvalue weighted by Crippen LogP contribution is 2.19. The predicted molar refractivity (Wildman–Crippen MR) is 75.7 cm³/mol. The highest BCUT2D eigenvalue weighted by Gasteiger charge is 2.35. The van der Waals surface area contributed by atoms with Crippen LogP contribution in [-0.2, 0) is 9.84 Å². The number of nitrogens with zero attached hydrogens (tertiary/aromatic N) is 3. The minimum atomic E-state index is -3.11. The van der Waals surface area contributed by atoms with E-state index in [4.69, 9.17) is 5.11 Å². The van der Waals surface area contributed by atoms with Gasteiger partial charge in [0, 0.05) is 18.5 Å². The zero-order chi connectivity index (χ0) is 15.6. The minimum absolute atomic E-state index is 0.0106. The Balaban J connectivity index is 2.19. The number of nitrogens with one attached hydrogen (secondary N) is 1. The topological polar surface area (TPSA) is 116 Å². The van der Waals surface area contributed by atoms with Gasteiger partial charge in [0.1, 0.15) is 5.82 Å². The van der Waals surface area contributed by atoms with Crippen LogP contribution in [0.5, 0.6) is 0 Å². The molecule has 1 saturated heterocycles. The van der Waals surface area contributed by atoms with Gasteiger partial charge in [-0.3, -0.25) is 9.89 Å². The quantitative estimate of drug-likeness (QED) is 0.760. The molecule has 8 nitrogen and oxygen atoms in total. The fourth-order valence-corrected chi connectivity index (χ4v) is 4.07. The van der Waals surface area contributed by atoms with Crippen molar-refractivity contribution >= 4 is 15.7 Å². The zero-order valence-electron chi connectivity index (χ0n) is 12.1. The molecule has 1 atom stereocenters. The fourth-order valence-electron chi connectivity index (χ4n) is 2.34. The lowest BCUT2D eigenvalue weighted by molar-refractivity contribution is 0.0643. The third-order valence-electron chi connectivity index (χ3n) is 3.49. The zero-order valence-corrected chi connectivity index (χ0v) is 12.9. The van der Waals surface area contributed by atoms with E-state index in [0.717, 1.165) is 0 Å². The van der Waals surface area contributed by atoms with Gasteiger partial charge in [-0.15, -0.1) is 5.10 Å². The first kappa shape index (κ1) is 15.9. The summed E-state index contributed by atoms with van der Waals surface area (Å²) in [5.41, 5.74) is 0. The Morgan fingerprint density at radius 3 is 2.71 bits per heavy atom. The highest BCUT2D eigenvalue weighted by molar-refractivity contribution is 7.91. The summed E-state index contributed by atoms with van der Waals surface area (Å²) in [6.45, 7) is 3.68. The average molecular weight is 316 g/mol. The molecule has 0 radical (unpaired) electrons. The lowest BCUT2D eigenvalue weighted by Crippen LogP contribution is -2.43. The van der Waals surface area contributed by atoms with E-state index in [0.29, 0.717) is 12.2 Å². The number of sulfone groups is 1. The molecule has 2 N–H and O–H groups in total. The molecule has 118 valence electrons. The minimum Gasteiger partial charge on any atom is -0.395 e. The summed E-state index contributed by atoms with van der Waals surface area (Å²) in [4.78, 5) is 17.9. The summed E-state index contributed by atoms with van der Waals surface area (Å²) >= 11 is 0. The van der Waals surface area contributed by atoms with Crippen molar-refractivity contribution in [2.24, 2.45) is 0 Å². The summed E-state index contributed by atoms with van der Waals surface area (Å²) in [6, 6.07) is -0.421. The Kier molecular flexibility index (Phi) is 4.62. The fraction of sp³-hybridized carbons (Fsp3) is 0.750. The molecular formula is C12H20N4O4S. The van der Waals surface area contributed by atoms with Gasteiger partial charge in [-0.25, -0.2) is 13.4 Å². The molecule has 2 heterocycles. The van der Waals surface area contributed by atoms with Crippen molar-refractivity contribution in [3.8, 4) is 0 Å². The number of rotatable bonds is 5. The van der Waals surface area contributed by atoms with Crippen molar-refractivity contribution in [2.45, 2.75) is 32.2 Å². The summed E-state index contributed by atoms with van der Waals surface area (Å²) in [6.07, 6.45) is 0.384. The Bertz CT molecular complexity index is 611. The number of aromatic nitrogens is 3. The Labute approximate surface area is 123 Å². The van der Waals surface area contributed by atoms with E-state index >= 15 is 0 Å². The van der Waals surface area contributed by atoms with E-state index < -0.39 is 21.8 Å². The number of hydrogen-bond acceptors (Lipinski definition) is 6. The Morgan fingerprint density at radius 1 is 1.52 bits per heavy atom. The van der Waals surface area contributed by atoms with Crippen molar-refractivity contribution in [3.05, 3.63) is 11.6 Å². The van der Waals surface area contributed by atoms with E-state index in [1.807, 2.05) is 13.8 Å². The Morgan fingerprint density at radius 2 is 2.24 bits per heavy atom. The van der Waals surface area contributed by atoms with Crippen LogP contribution >= 0.6 is 0 Å². The number of carbonyl (C=O) groups is 1. The molecule has 0 spiro atoms. The molecule has 0 aliphatic carbocycles. The third kappa shape index (κ3) is 3.59. The number of amides is 1. The molecular weight excluding hydrogens is 296 g/mol. The van der Waals surface area contributed by atoms with Gasteiger partial charge in [-0.05, 0) is 6.42 Å². The number of carbonyl (C=O) groups excluding carboxylic acids is 1. The maximum atomic E-state index is 12.4. The second-order valence-electron chi connectivity index (χ2n) is 5.48. The third-order valence-corrected chi connectivity index (χ3v) is 5.24. The number of H-pyrrole nitrogens is 1. The highest BCUT2D eigenvalue weighted by atomic mass is 32.2. The van der Waals surface area contributed by atoms with Gasteiger partial charge >= 0.3 is 0 Å². The molecule has 1 aromatic rings. The van der Waals surface area contributed by atoms with Crippen LogP contribution in [0.2, 0.25) is 0 Å². The summed E-state index contributed by atoms with van der Waals surface area (Å²) in [5.74, 6) is 0.266. The van der Waals surface area contributed by atoms with E-state index in [-0.39, 0.29) is 36.4 Å². The van der Waals surface area contributed by atoms with Gasteiger partial charge in [0.05, 0.1) is 18.1 Å². The number of hydrogen-bond donors (Lipinski definition) is 2. The molecule has 1 fully saturated rings. The molecule has 1 aromatic heterocycles. The maximum Gasteiger partial charge on any atom is 0.293 e. The van der Waals surface area contributed by atoms with Crippen molar-refractivity contribution in [1.82, 2.24) is 20.1 Å². The van der Waals surface area contributed by atoms with Gasteiger partial charge in [0.2, 0.25) is 5.82 Å². The number of aromatic amines is 1. The predicted octanol–water partition coefficient (Wildman–Crippen LogP) is -0.450. The normalized spacial score (nSPS) is 20.9. The lowest BCUT2D eigenvalue weighted by Gasteiger charge is -2.26. The van der Waals surface area contributed by atoms with Crippen molar-refractivity contribution in [2.75, 3.05) is 24.7 Å². The van der Waals surface area contributed by atoms with Crippen LogP contribution in [0.25, 0.3) is 0 Å². The SMILES string of the molecule is CC(C)c1nc(C(=O)N(CCO)C2CCS(=O)(=O)C2)n[nH]1. The first-order valence-electron chi connectivity index (χ1n) is 6.88. The average Bonchev–Trinajstić information content (AvgIpc) is 3.01. The van der Waals surface area contributed by atoms with Crippen LogP contribution in [0.3, 0.4) is 0 Å². The van der Waals surface area contributed by atoms with Crippen LogP contribution < -0.4 is 0 Å². The summed E-state index contributed by atoms with van der Waals surface area (Å²) < 4.78 is 23.1. The molecule has 9 heteroatoms. The molecule has 1 aliphatic heterocycles. The molecule has 0 saturated carbocycles. The van der Waals surface area contributed by atoms with Crippen molar-refractivity contribution < 1.29 is 18.3 Å². The standard InChI is InChI=1S/C12H20N4O4S/c1-8(2)10-13-11(15-14-10)12(18)16(4-5-17)9-3-6-21(19,20)7-9/h8-9,17H,3-7H2,1-2H3,(H,13,14,15). The first-order valence-corrected chi connectivity index (χ1v) is 8.70. The van der Waals surface area contributed by atoms with Crippen molar-refractivity contribution in [3.63, 3.8) is 0 Å². The van der Waals surface area contributed by atoms with Gasteiger partial charge in [-0.1, -0.05) is 13.8 Å². The van der Waals surface area contributed by atoms with E-state index in [1.54, 1.807) is 0 Å². The monoisotopic (exact) mass is 316 g/mol. The number of aliphatic hydroxyl groups is 1. The second-order valence-corrected chi connectivity index (χ2v) is 7.71. The van der Waals surface area contributed by atoms with Crippen LogP contribution in [0.4, 0.5) is 0 Å². The molecule has 1 amide bonds. The maximum absolute atomic E-state index is 12.4. The first-order chi connectivity index (χ1) is 9.84. The molecule has 2 rings (SSSR count). The van der Waals surface area contributed by atoms with Gasteiger partial charge in [0.25, 0.3) is 5.91 Å². The van der Waals surface area contributed by atoms with E-state index in [1.165, 1.54) is 4.90 Å². The van der Waals surface area contributed by atoms with Gasteiger partial charge in [0.15, 0.2) is 9.84 Å².